The average molecular weight is 808 g/mol. The Balaban J connectivity index is 0.000000229. The van der Waals surface area contributed by atoms with Gasteiger partial charge in [-0.3, -0.25) is 0 Å². The van der Waals surface area contributed by atoms with Gasteiger partial charge in [0.15, 0.2) is 11.5 Å². The van der Waals surface area contributed by atoms with Gasteiger partial charge in [-0.1, -0.05) is 32.4 Å². The minimum atomic E-state index is -3.58. The van der Waals surface area contributed by atoms with Crippen LogP contribution in [-0.4, -0.2) is 83.4 Å². The van der Waals surface area contributed by atoms with Gasteiger partial charge in [-0.2, -0.15) is 0 Å². The van der Waals surface area contributed by atoms with E-state index in [1.807, 2.05) is 49.5 Å². The van der Waals surface area contributed by atoms with Gasteiger partial charge in [-0.15, -0.1) is 11.8 Å². The number of aromatic hydroxyl groups is 1. The van der Waals surface area contributed by atoms with Gasteiger partial charge < -0.3 is 25.4 Å². The van der Waals surface area contributed by atoms with Crippen LogP contribution in [0.2, 0.25) is 0 Å². The molecule has 0 unspecified atom stereocenters. The number of nitrogens with one attached hydrogen (secondary N) is 4. The van der Waals surface area contributed by atoms with Crippen molar-refractivity contribution in [2.75, 3.05) is 57.1 Å². The number of anilines is 5. The Bertz CT molecular complexity index is 2480. The number of nitrogens with zero attached hydrogens (tertiary/aromatic N) is 5. The molecule has 0 amide bonds. The number of sulfonamides is 2. The number of rotatable bonds is 11. The van der Waals surface area contributed by atoms with Gasteiger partial charge in [0.1, 0.15) is 24.3 Å². The van der Waals surface area contributed by atoms with Crippen LogP contribution in [0.15, 0.2) is 100 Å². The van der Waals surface area contributed by atoms with Crippen molar-refractivity contribution in [1.82, 2.24) is 29.4 Å². The van der Waals surface area contributed by atoms with Crippen molar-refractivity contribution in [3.8, 4) is 11.5 Å². The molecule has 0 aliphatic heterocycles. The average Bonchev–Trinajstić information content (AvgIpc) is 3.18. The highest BCUT2D eigenvalue weighted by molar-refractivity contribution is 7.98. The molecule has 2 aromatic heterocycles. The molecule has 55 heavy (non-hydrogen) atoms. The van der Waals surface area contributed by atoms with E-state index < -0.39 is 20.0 Å². The Morgan fingerprint density at radius 2 is 1.27 bits per heavy atom. The number of thioether (sulfide) groups is 1. The second-order valence-electron chi connectivity index (χ2n) is 11.8. The number of aromatic nitrogens is 4. The van der Waals surface area contributed by atoms with Crippen molar-refractivity contribution in [1.29, 1.82) is 0 Å². The van der Waals surface area contributed by atoms with Crippen LogP contribution in [0.5, 0.6) is 11.5 Å². The van der Waals surface area contributed by atoms with Crippen LogP contribution in [0.4, 0.5) is 28.7 Å². The number of fused-ring (bicyclic) bond motifs is 2. The summed E-state index contributed by atoms with van der Waals surface area (Å²) in [6.45, 7) is 4.25. The van der Waals surface area contributed by atoms with Crippen LogP contribution in [0, 0.1) is 0 Å². The number of phenolic OH excluding ortho intramolecular Hbond substituents is 1. The van der Waals surface area contributed by atoms with E-state index in [4.69, 9.17) is 4.74 Å². The molecule has 15 nitrogen and oxygen atoms in total. The number of methoxy groups -OCH3 is 1. The summed E-state index contributed by atoms with van der Waals surface area (Å²) in [6.07, 6.45) is 5.99. The molecule has 0 bridgehead atoms. The number of phenols is 1. The third-order valence-corrected chi connectivity index (χ3v) is 11.4. The minimum Gasteiger partial charge on any atom is -0.504 e. The molecule has 0 saturated carbocycles. The molecule has 0 aliphatic carbocycles. The monoisotopic (exact) mass is 807 g/mol. The van der Waals surface area contributed by atoms with E-state index in [1.165, 1.54) is 58.1 Å². The maximum Gasteiger partial charge on any atom is 0.240 e. The molecule has 0 spiro atoms. The fourth-order valence-corrected chi connectivity index (χ4v) is 7.10. The van der Waals surface area contributed by atoms with Crippen molar-refractivity contribution >= 4 is 82.3 Å². The molecular weight excluding hydrogens is 763 g/mol. The lowest BCUT2D eigenvalue weighted by Gasteiger charge is -2.19. The number of ether oxygens (including phenoxy) is 1. The van der Waals surface area contributed by atoms with Crippen molar-refractivity contribution in [3.63, 3.8) is 0 Å². The summed E-state index contributed by atoms with van der Waals surface area (Å²) in [6, 6.07) is 20.5. The van der Waals surface area contributed by atoms with Gasteiger partial charge in [0.2, 0.25) is 20.0 Å². The van der Waals surface area contributed by atoms with E-state index in [-0.39, 0.29) is 21.3 Å². The van der Waals surface area contributed by atoms with Gasteiger partial charge in [0.05, 0.1) is 45.0 Å². The lowest BCUT2D eigenvalue weighted by molar-refractivity contribution is 0.374. The van der Waals surface area contributed by atoms with Crippen LogP contribution in [-0.2, 0) is 20.0 Å². The predicted molar refractivity (Wildman–Crippen MR) is 221 cm³/mol. The largest absolute Gasteiger partial charge is 0.504 e. The minimum absolute atomic E-state index is 0.0263. The lowest BCUT2D eigenvalue weighted by Crippen LogP contribution is -2.19. The Hall–Kier alpha value is -5.27. The smallest absolute Gasteiger partial charge is 0.240 e. The number of para-hydroxylation sites is 1. The molecule has 2 heterocycles. The van der Waals surface area contributed by atoms with E-state index in [0.717, 1.165) is 21.5 Å². The number of benzene rings is 4. The van der Waals surface area contributed by atoms with Gasteiger partial charge in [-0.05, 0) is 74.9 Å². The quantitative estimate of drug-likeness (QED) is 0.0891. The van der Waals surface area contributed by atoms with E-state index in [1.54, 1.807) is 42.5 Å². The SMILES string of the molecule is CCC.CNS(=O)(=O)c1ccc(N(C)C)c(Nc2ncnc3ccccc23)c1.CNS(=O)(=O)c1ccc(SC)c(Nc2ncnc3cc(O)c(OC)cc23)c1. The topological polar surface area (TPSA) is 201 Å². The third kappa shape index (κ3) is 10.3. The maximum absolute atomic E-state index is 12.1. The molecule has 6 aromatic rings. The normalized spacial score (nSPS) is 11.2. The highest BCUT2D eigenvalue weighted by Crippen LogP contribution is 2.36. The standard InChI is InChI=1S/C17H19N5O2S.C17H18N4O4S2.C3H8/c1-18-25(23,24)12-8-9-16(22(2)3)15(10-12)21-17-13-6-4-5-7-14(13)19-11-20-17;1-18-27(23,24)10-4-5-16(26-3)13(6-10)21-17-11-7-15(25-2)14(22)8-12(11)19-9-20-17;1-3-2/h4-11,18H,1-3H3,(H,19,20,21);4-9,18,22H,1-3H3,(H,19,20,21);3H2,1-2H3. The van der Waals surface area contributed by atoms with E-state index >= 15 is 0 Å². The van der Waals surface area contributed by atoms with Gasteiger partial charge in [0, 0.05) is 35.8 Å². The first-order valence-electron chi connectivity index (χ1n) is 16.8. The molecule has 292 valence electrons. The predicted octanol–water partition coefficient (Wildman–Crippen LogP) is 6.48. The second kappa shape index (κ2) is 18.9. The molecule has 0 aliphatic rings. The first-order valence-corrected chi connectivity index (χ1v) is 21.0. The molecule has 0 radical (unpaired) electrons. The zero-order valence-electron chi connectivity index (χ0n) is 31.7. The number of hydrogen-bond donors (Lipinski definition) is 5. The van der Waals surface area contributed by atoms with Gasteiger partial charge in [-0.25, -0.2) is 46.2 Å². The molecule has 0 fully saturated rings. The Labute approximate surface area is 326 Å². The van der Waals surface area contributed by atoms with E-state index in [0.29, 0.717) is 33.9 Å². The van der Waals surface area contributed by atoms with Crippen molar-refractivity contribution in [3.05, 3.63) is 85.5 Å². The second-order valence-corrected chi connectivity index (χ2v) is 16.4. The van der Waals surface area contributed by atoms with Gasteiger partial charge in [0.25, 0.3) is 0 Å². The highest BCUT2D eigenvalue weighted by atomic mass is 32.2. The van der Waals surface area contributed by atoms with Crippen LogP contribution < -0.4 is 29.7 Å². The zero-order chi connectivity index (χ0) is 40.3. The summed E-state index contributed by atoms with van der Waals surface area (Å²) in [5, 5.41) is 17.8. The summed E-state index contributed by atoms with van der Waals surface area (Å²) in [7, 11) is 0.872. The van der Waals surface area contributed by atoms with Crippen molar-refractivity contribution in [2.45, 2.75) is 35.0 Å². The first-order chi connectivity index (χ1) is 26.2. The lowest BCUT2D eigenvalue weighted by atomic mass is 10.2. The summed E-state index contributed by atoms with van der Waals surface area (Å²) < 4.78 is 58.3. The van der Waals surface area contributed by atoms with Crippen LogP contribution >= 0.6 is 11.8 Å². The van der Waals surface area contributed by atoms with Gasteiger partial charge >= 0.3 is 0 Å². The van der Waals surface area contributed by atoms with Crippen LogP contribution in [0.1, 0.15) is 20.3 Å². The zero-order valence-corrected chi connectivity index (χ0v) is 34.2. The summed E-state index contributed by atoms with van der Waals surface area (Å²) >= 11 is 1.47. The first kappa shape index (κ1) is 42.5. The van der Waals surface area contributed by atoms with E-state index in [2.05, 4.69) is 53.9 Å². The molecule has 5 N–H and O–H groups in total. The van der Waals surface area contributed by atoms with Crippen molar-refractivity contribution in [2.24, 2.45) is 0 Å². The number of hydrogen-bond acceptors (Lipinski definition) is 14. The molecule has 4 aromatic carbocycles. The maximum atomic E-state index is 12.1. The molecule has 0 saturated heterocycles. The van der Waals surface area contributed by atoms with Crippen LogP contribution in [0.3, 0.4) is 0 Å². The summed E-state index contributed by atoms with van der Waals surface area (Å²) in [5.74, 6) is 1.35. The fraction of sp³-hybridized carbons (Fsp3) is 0.243. The van der Waals surface area contributed by atoms with E-state index in [9.17, 15) is 21.9 Å². The Morgan fingerprint density at radius 3 is 1.85 bits per heavy atom. The molecular formula is C37H45N9O6S3. The molecule has 6 rings (SSSR count). The van der Waals surface area contributed by atoms with Crippen molar-refractivity contribution < 1.29 is 26.7 Å². The third-order valence-electron chi connectivity index (χ3n) is 7.76. The summed E-state index contributed by atoms with van der Waals surface area (Å²) in [5.41, 5.74) is 3.41. The molecule has 0 atom stereocenters. The Morgan fingerprint density at radius 1 is 0.727 bits per heavy atom. The van der Waals surface area contributed by atoms with Crippen LogP contribution in [0.25, 0.3) is 21.8 Å². The fourth-order valence-electron chi connectivity index (χ4n) is 5.05. The molecule has 18 heteroatoms. The summed E-state index contributed by atoms with van der Waals surface area (Å²) in [4.78, 5) is 20.0. The Kier molecular flexibility index (Phi) is 14.6. The highest BCUT2D eigenvalue weighted by Gasteiger charge is 2.18.